The monoisotopic (exact) mass is 529 g/mol. The number of hydrogen-bond donors (Lipinski definition) is 2. The third-order valence-corrected chi connectivity index (χ3v) is 5.15. The number of guanidine groups is 1. The Kier molecular flexibility index (Phi) is 12.3. The van der Waals surface area contributed by atoms with E-state index in [1.807, 2.05) is 18.2 Å². The molecule has 2 rings (SSSR count). The number of piperidine rings is 1. The zero-order valence-electron chi connectivity index (χ0n) is 19.3. The molecule has 0 radical (unpaired) electrons. The maximum atomic E-state index is 12.1. The Bertz CT molecular complexity index is 669. The van der Waals surface area contributed by atoms with Crippen molar-refractivity contribution >= 4 is 35.8 Å². The van der Waals surface area contributed by atoms with Crippen LogP contribution in [0.15, 0.2) is 29.3 Å². The number of nitrogens with one attached hydrogen (secondary N) is 2. The lowest BCUT2D eigenvalue weighted by Gasteiger charge is -2.34. The van der Waals surface area contributed by atoms with Crippen molar-refractivity contribution < 1.29 is 4.79 Å². The average molecular weight is 530 g/mol. The molecule has 1 aliphatic heterocycles. The maximum absolute atomic E-state index is 12.1. The van der Waals surface area contributed by atoms with E-state index in [2.05, 4.69) is 42.4 Å². The minimum Gasteiger partial charge on any atom is -0.357 e. The molecule has 30 heavy (non-hydrogen) atoms. The molecule has 2 N–H and O–H groups in total. The van der Waals surface area contributed by atoms with Crippen molar-refractivity contribution in [1.82, 2.24) is 20.4 Å². The molecule has 6 nitrogen and oxygen atoms in total. The van der Waals surface area contributed by atoms with Crippen LogP contribution in [-0.2, 0) is 6.42 Å². The first-order chi connectivity index (χ1) is 13.9. The Morgan fingerprint density at radius 1 is 1.27 bits per heavy atom. The van der Waals surface area contributed by atoms with Gasteiger partial charge in [-0.1, -0.05) is 26.0 Å². The molecule has 1 saturated heterocycles. The maximum Gasteiger partial charge on any atom is 0.253 e. The number of likely N-dealkylation sites (tertiary alicyclic amines) is 1. The van der Waals surface area contributed by atoms with E-state index in [0.29, 0.717) is 12.6 Å². The van der Waals surface area contributed by atoms with Crippen LogP contribution >= 0.6 is 24.0 Å². The Morgan fingerprint density at radius 2 is 1.97 bits per heavy atom. The quantitative estimate of drug-likeness (QED) is 0.309. The second-order valence-corrected chi connectivity index (χ2v) is 8.52. The topological polar surface area (TPSA) is 60.0 Å². The summed E-state index contributed by atoms with van der Waals surface area (Å²) < 4.78 is 0. The first-order valence-corrected chi connectivity index (χ1v) is 11.0. The number of nitrogens with zero attached hydrogens (tertiary/aromatic N) is 3. The van der Waals surface area contributed by atoms with Gasteiger partial charge in [0.2, 0.25) is 0 Å². The fraction of sp³-hybridized carbons (Fsp3) is 0.652. The molecule has 170 valence electrons. The van der Waals surface area contributed by atoms with Gasteiger partial charge in [-0.15, -0.1) is 24.0 Å². The van der Waals surface area contributed by atoms with E-state index in [1.165, 1.54) is 6.54 Å². The van der Waals surface area contributed by atoms with Crippen LogP contribution in [0.2, 0.25) is 0 Å². The Morgan fingerprint density at radius 3 is 2.57 bits per heavy atom. The van der Waals surface area contributed by atoms with Crippen molar-refractivity contribution in [3.8, 4) is 0 Å². The molecule has 0 atom stereocenters. The van der Waals surface area contributed by atoms with E-state index in [4.69, 9.17) is 4.99 Å². The molecule has 1 aromatic rings. The van der Waals surface area contributed by atoms with Gasteiger partial charge < -0.3 is 20.4 Å². The van der Waals surface area contributed by atoms with Crippen molar-refractivity contribution in [3.63, 3.8) is 0 Å². The molecule has 0 bridgehead atoms. The van der Waals surface area contributed by atoms with Gasteiger partial charge in [0.25, 0.3) is 5.91 Å². The van der Waals surface area contributed by atoms with Gasteiger partial charge in [-0.3, -0.25) is 9.79 Å². The van der Waals surface area contributed by atoms with Crippen LogP contribution in [0.5, 0.6) is 0 Å². The van der Waals surface area contributed by atoms with Gasteiger partial charge in [0.1, 0.15) is 0 Å². The fourth-order valence-electron chi connectivity index (χ4n) is 3.70. The second kappa shape index (κ2) is 13.9. The molecular weight excluding hydrogens is 489 g/mol. The Hall–Kier alpha value is -1.35. The lowest BCUT2D eigenvalue weighted by atomic mass is 10.0. The summed E-state index contributed by atoms with van der Waals surface area (Å²) in [6.45, 7) is 11.7. The largest absolute Gasteiger partial charge is 0.357 e. The van der Waals surface area contributed by atoms with Gasteiger partial charge in [0.15, 0.2) is 5.96 Å². The number of carbonyl (C=O) groups excluding carboxylic acids is 1. The Labute approximate surface area is 199 Å². The van der Waals surface area contributed by atoms with Crippen LogP contribution in [0.1, 0.15) is 49.5 Å². The van der Waals surface area contributed by atoms with Crippen LogP contribution in [0, 0.1) is 5.92 Å². The van der Waals surface area contributed by atoms with Gasteiger partial charge in [0.05, 0.1) is 0 Å². The third-order valence-electron chi connectivity index (χ3n) is 5.15. The number of benzene rings is 1. The van der Waals surface area contributed by atoms with Gasteiger partial charge in [0, 0.05) is 58.4 Å². The fourth-order valence-corrected chi connectivity index (χ4v) is 3.70. The zero-order chi connectivity index (χ0) is 21.2. The first kappa shape index (κ1) is 26.7. The summed E-state index contributed by atoms with van der Waals surface area (Å²) in [4.78, 5) is 21.1. The number of hydrogen-bond acceptors (Lipinski definition) is 3. The van der Waals surface area contributed by atoms with Crippen molar-refractivity contribution in [2.75, 3.05) is 46.8 Å². The summed E-state index contributed by atoms with van der Waals surface area (Å²) in [5, 5.41) is 6.98. The van der Waals surface area contributed by atoms with Gasteiger partial charge >= 0.3 is 0 Å². The molecule has 0 aromatic heterocycles. The highest BCUT2D eigenvalue weighted by molar-refractivity contribution is 14.0. The van der Waals surface area contributed by atoms with Gasteiger partial charge in [-0.2, -0.15) is 0 Å². The molecule has 1 aromatic carbocycles. The van der Waals surface area contributed by atoms with Crippen molar-refractivity contribution in [1.29, 1.82) is 0 Å². The highest BCUT2D eigenvalue weighted by atomic mass is 127. The van der Waals surface area contributed by atoms with Crippen molar-refractivity contribution in [2.24, 2.45) is 10.9 Å². The zero-order valence-corrected chi connectivity index (χ0v) is 21.6. The van der Waals surface area contributed by atoms with Crippen molar-refractivity contribution in [2.45, 2.75) is 46.1 Å². The number of carbonyl (C=O) groups is 1. The summed E-state index contributed by atoms with van der Waals surface area (Å²) in [5.41, 5.74) is 1.87. The van der Waals surface area contributed by atoms with E-state index in [-0.39, 0.29) is 29.9 Å². The normalized spacial score (nSPS) is 15.6. The highest BCUT2D eigenvalue weighted by Gasteiger charge is 2.20. The second-order valence-electron chi connectivity index (χ2n) is 8.52. The molecule has 0 spiro atoms. The predicted octanol–water partition coefficient (Wildman–Crippen LogP) is 3.22. The van der Waals surface area contributed by atoms with Gasteiger partial charge in [-0.05, 0) is 49.8 Å². The van der Waals surface area contributed by atoms with E-state index < -0.39 is 0 Å². The molecule has 1 aliphatic rings. The molecule has 0 aliphatic carbocycles. The summed E-state index contributed by atoms with van der Waals surface area (Å²) in [5.74, 6) is 1.66. The van der Waals surface area contributed by atoms with Crippen LogP contribution in [0.3, 0.4) is 0 Å². The minimum absolute atomic E-state index is 0. The summed E-state index contributed by atoms with van der Waals surface area (Å²) >= 11 is 0. The molecule has 0 unspecified atom stereocenters. The first-order valence-electron chi connectivity index (χ1n) is 11.0. The summed E-state index contributed by atoms with van der Waals surface area (Å²) in [7, 11) is 3.56. The number of rotatable bonds is 8. The molecule has 1 heterocycles. The number of halogens is 1. The Balaban J connectivity index is 0.00000450. The number of amides is 1. The van der Waals surface area contributed by atoms with E-state index in [0.717, 1.165) is 61.9 Å². The van der Waals surface area contributed by atoms with Gasteiger partial charge in [-0.25, -0.2) is 0 Å². The molecule has 7 heteroatoms. The molecule has 1 fully saturated rings. The van der Waals surface area contributed by atoms with Crippen molar-refractivity contribution in [3.05, 3.63) is 35.4 Å². The van der Waals surface area contributed by atoms with Crippen LogP contribution < -0.4 is 10.6 Å². The average Bonchev–Trinajstić information content (AvgIpc) is 2.69. The molecular formula is C23H40IN5O. The number of aliphatic imine (C=N–C) groups is 1. The SMILES string of the molecule is CCNC(=NCCc1cccc(C(=O)N(C)C)c1)NC1CCN(CC(C)C)CC1.I. The van der Waals surface area contributed by atoms with E-state index >= 15 is 0 Å². The third kappa shape index (κ3) is 9.20. The summed E-state index contributed by atoms with van der Waals surface area (Å²) in [6.07, 6.45) is 3.13. The minimum atomic E-state index is 0. The van der Waals surface area contributed by atoms with E-state index in [9.17, 15) is 4.79 Å². The lowest BCUT2D eigenvalue weighted by Crippen LogP contribution is -2.49. The standard InChI is InChI=1S/C23H39N5O.HI/c1-6-24-23(26-21-11-14-28(15-12-21)17-18(2)3)25-13-10-19-8-7-9-20(16-19)22(29)27(4)5;/h7-9,16,18,21H,6,10-15,17H2,1-5H3,(H2,24,25,26);1H. The molecule has 0 saturated carbocycles. The predicted molar refractivity (Wildman–Crippen MR) is 137 cm³/mol. The van der Waals surface area contributed by atoms with Crippen LogP contribution in [0.25, 0.3) is 0 Å². The smallest absolute Gasteiger partial charge is 0.253 e. The summed E-state index contributed by atoms with van der Waals surface area (Å²) in [6, 6.07) is 8.34. The highest BCUT2D eigenvalue weighted by Crippen LogP contribution is 2.12. The molecule has 1 amide bonds. The van der Waals surface area contributed by atoms with Crippen LogP contribution in [-0.4, -0.2) is 74.5 Å². The van der Waals surface area contributed by atoms with E-state index in [1.54, 1.807) is 19.0 Å². The lowest BCUT2D eigenvalue weighted by molar-refractivity contribution is 0.0827. The van der Waals surface area contributed by atoms with Crippen LogP contribution in [0.4, 0.5) is 0 Å².